The summed E-state index contributed by atoms with van der Waals surface area (Å²) < 4.78 is 13.3. The third-order valence-electron chi connectivity index (χ3n) is 5.63. The van der Waals surface area contributed by atoms with Gasteiger partial charge >= 0.3 is 0 Å². The highest BCUT2D eigenvalue weighted by molar-refractivity contribution is 7.10. The number of hydrogen-bond donors (Lipinski definition) is 0. The van der Waals surface area contributed by atoms with Crippen molar-refractivity contribution in [2.24, 2.45) is 5.92 Å². The van der Waals surface area contributed by atoms with Gasteiger partial charge in [-0.25, -0.2) is 4.39 Å². The normalized spacial score (nSPS) is 13.9. The maximum absolute atomic E-state index is 13.3. The highest BCUT2D eigenvalue weighted by Crippen LogP contribution is 2.27. The summed E-state index contributed by atoms with van der Waals surface area (Å²) in [5, 5.41) is 2.01. The van der Waals surface area contributed by atoms with Crippen molar-refractivity contribution < 1.29 is 14.0 Å². The van der Waals surface area contributed by atoms with Crippen molar-refractivity contribution in [1.82, 2.24) is 9.80 Å². The maximum atomic E-state index is 13.3. The van der Waals surface area contributed by atoms with Crippen LogP contribution < -0.4 is 0 Å². The molecule has 0 unspecified atom stereocenters. The number of nitrogens with zero attached hydrogens (tertiary/aromatic N) is 2. The Bertz CT molecular complexity index is 872. The monoisotopic (exact) mass is 428 g/mol. The van der Waals surface area contributed by atoms with Gasteiger partial charge in [-0.1, -0.05) is 31.1 Å². The van der Waals surface area contributed by atoms with Crippen molar-refractivity contribution >= 4 is 23.2 Å². The van der Waals surface area contributed by atoms with E-state index in [0.29, 0.717) is 19.6 Å². The Kier molecular flexibility index (Phi) is 7.80. The van der Waals surface area contributed by atoms with Gasteiger partial charge in [0.1, 0.15) is 12.4 Å². The summed E-state index contributed by atoms with van der Waals surface area (Å²) in [5.41, 5.74) is 2.00. The topological polar surface area (TPSA) is 40.6 Å². The van der Waals surface area contributed by atoms with Gasteiger partial charge in [0.05, 0.1) is 6.54 Å². The number of rotatable bonds is 9. The Hall–Kier alpha value is -2.47. The molecule has 160 valence electrons. The zero-order valence-electron chi connectivity index (χ0n) is 17.5. The van der Waals surface area contributed by atoms with E-state index in [2.05, 4.69) is 6.58 Å². The summed E-state index contributed by atoms with van der Waals surface area (Å²) >= 11 is 1.61. The number of aryl methyl sites for hydroxylation is 1. The van der Waals surface area contributed by atoms with Gasteiger partial charge < -0.3 is 9.80 Å². The average Bonchev–Trinajstić information content (AvgIpc) is 3.40. The molecule has 2 aromatic rings. The zero-order valence-corrected chi connectivity index (χ0v) is 18.3. The van der Waals surface area contributed by atoms with Crippen molar-refractivity contribution in [2.45, 2.75) is 45.7 Å². The zero-order chi connectivity index (χ0) is 21.5. The van der Waals surface area contributed by atoms with Crippen LogP contribution in [-0.4, -0.2) is 34.7 Å². The predicted molar refractivity (Wildman–Crippen MR) is 118 cm³/mol. The number of carbonyl (C=O) groups is 2. The van der Waals surface area contributed by atoms with E-state index in [4.69, 9.17) is 0 Å². The first-order chi connectivity index (χ1) is 14.5. The first-order valence-electron chi connectivity index (χ1n) is 10.4. The average molecular weight is 429 g/mol. The minimum absolute atomic E-state index is 0.0165. The lowest BCUT2D eigenvalue weighted by atomic mass is 10.1. The lowest BCUT2D eigenvalue weighted by molar-refractivity contribution is -0.143. The second kappa shape index (κ2) is 10.5. The first-order valence-corrected chi connectivity index (χ1v) is 11.3. The fourth-order valence-electron chi connectivity index (χ4n) is 3.86. The van der Waals surface area contributed by atoms with E-state index >= 15 is 0 Å². The Balaban J connectivity index is 1.76. The minimum atomic E-state index is -0.301. The molecule has 2 amide bonds. The molecule has 1 saturated carbocycles. The number of halogens is 1. The molecular weight excluding hydrogens is 399 g/mol. The standard InChI is InChI=1S/C24H29FN2O2S/c1-3-13-26(24(29)20-6-4-5-7-20)17-23(28)27(16-22-18(2)12-14-30-22)15-19-8-10-21(25)11-9-19/h3,8-12,14,20H,1,4-7,13,15-17H2,2H3. The number of amides is 2. The van der Waals surface area contributed by atoms with Gasteiger partial charge in [-0.05, 0) is 54.5 Å². The molecule has 4 nitrogen and oxygen atoms in total. The largest absolute Gasteiger partial charge is 0.332 e. The van der Waals surface area contributed by atoms with E-state index in [9.17, 15) is 14.0 Å². The third kappa shape index (κ3) is 5.79. The summed E-state index contributed by atoms with van der Waals surface area (Å²) in [6.07, 6.45) is 5.61. The van der Waals surface area contributed by atoms with Crippen LogP contribution in [0.5, 0.6) is 0 Å². The number of benzene rings is 1. The SMILES string of the molecule is C=CCN(CC(=O)N(Cc1ccc(F)cc1)Cc1sccc1C)C(=O)C1CCCC1. The highest BCUT2D eigenvalue weighted by Gasteiger charge is 2.29. The first kappa shape index (κ1) is 22.2. The summed E-state index contributed by atoms with van der Waals surface area (Å²) in [4.78, 5) is 30.7. The number of thiophene rings is 1. The van der Waals surface area contributed by atoms with Gasteiger partial charge in [0, 0.05) is 23.9 Å². The van der Waals surface area contributed by atoms with Crippen molar-refractivity contribution in [3.8, 4) is 0 Å². The van der Waals surface area contributed by atoms with Crippen molar-refractivity contribution in [2.75, 3.05) is 13.1 Å². The van der Waals surface area contributed by atoms with Gasteiger partial charge in [-0.15, -0.1) is 17.9 Å². The molecule has 1 aliphatic rings. The van der Waals surface area contributed by atoms with Crippen LogP contribution in [0.25, 0.3) is 0 Å². The van der Waals surface area contributed by atoms with E-state index in [-0.39, 0.29) is 30.1 Å². The van der Waals surface area contributed by atoms with E-state index in [1.807, 2.05) is 18.4 Å². The van der Waals surface area contributed by atoms with Crippen LogP contribution in [0.2, 0.25) is 0 Å². The molecule has 6 heteroatoms. The second-order valence-electron chi connectivity index (χ2n) is 7.89. The number of hydrogen-bond acceptors (Lipinski definition) is 3. The van der Waals surface area contributed by atoms with Crippen molar-refractivity contribution in [1.29, 1.82) is 0 Å². The van der Waals surface area contributed by atoms with E-state index < -0.39 is 0 Å². The van der Waals surface area contributed by atoms with Gasteiger partial charge in [0.15, 0.2) is 0 Å². The lowest BCUT2D eigenvalue weighted by Gasteiger charge is -2.28. The Morgan fingerprint density at radius 1 is 1.13 bits per heavy atom. The molecule has 1 aliphatic carbocycles. The van der Waals surface area contributed by atoms with Crippen LogP contribution in [0.3, 0.4) is 0 Å². The van der Waals surface area contributed by atoms with E-state index in [0.717, 1.165) is 41.7 Å². The molecule has 1 fully saturated rings. The molecule has 3 rings (SSSR count). The van der Waals surface area contributed by atoms with Gasteiger partial charge in [-0.2, -0.15) is 0 Å². The Morgan fingerprint density at radius 2 is 1.83 bits per heavy atom. The Labute approximate surface area is 182 Å². The molecule has 0 spiro atoms. The Morgan fingerprint density at radius 3 is 2.43 bits per heavy atom. The van der Waals surface area contributed by atoms with Crippen LogP contribution in [0.15, 0.2) is 48.4 Å². The van der Waals surface area contributed by atoms with E-state index in [1.165, 1.54) is 12.1 Å². The molecule has 0 radical (unpaired) electrons. The molecule has 0 atom stereocenters. The quantitative estimate of drug-likeness (QED) is 0.532. The molecule has 0 bridgehead atoms. The van der Waals surface area contributed by atoms with Gasteiger partial charge in [0.25, 0.3) is 0 Å². The highest BCUT2D eigenvalue weighted by atomic mass is 32.1. The summed E-state index contributed by atoms with van der Waals surface area (Å²) in [6, 6.07) is 8.24. The molecule has 1 aromatic carbocycles. The van der Waals surface area contributed by atoms with Crippen LogP contribution in [0, 0.1) is 18.7 Å². The predicted octanol–water partition coefficient (Wildman–Crippen LogP) is 4.93. The van der Waals surface area contributed by atoms with Crippen LogP contribution in [0.4, 0.5) is 4.39 Å². The van der Waals surface area contributed by atoms with Crippen molar-refractivity contribution in [3.05, 3.63) is 70.2 Å². The molecule has 30 heavy (non-hydrogen) atoms. The van der Waals surface area contributed by atoms with Gasteiger partial charge in [0.2, 0.25) is 11.8 Å². The molecule has 1 heterocycles. The molecule has 0 saturated heterocycles. The fraction of sp³-hybridized carbons (Fsp3) is 0.417. The summed E-state index contributed by atoms with van der Waals surface area (Å²) in [7, 11) is 0. The number of carbonyl (C=O) groups excluding carboxylic acids is 2. The van der Waals surface area contributed by atoms with Crippen molar-refractivity contribution in [3.63, 3.8) is 0 Å². The van der Waals surface area contributed by atoms with Gasteiger partial charge in [-0.3, -0.25) is 9.59 Å². The second-order valence-corrected chi connectivity index (χ2v) is 8.89. The van der Waals surface area contributed by atoms with Crippen LogP contribution in [-0.2, 0) is 22.7 Å². The maximum Gasteiger partial charge on any atom is 0.242 e. The van der Waals surface area contributed by atoms with Crippen LogP contribution in [0.1, 0.15) is 41.7 Å². The van der Waals surface area contributed by atoms with Crippen LogP contribution >= 0.6 is 11.3 Å². The third-order valence-corrected chi connectivity index (χ3v) is 6.64. The fourth-order valence-corrected chi connectivity index (χ4v) is 4.79. The lowest BCUT2D eigenvalue weighted by Crippen LogP contribution is -2.44. The summed E-state index contributed by atoms with van der Waals surface area (Å²) in [5.74, 6) is -0.344. The van der Waals surface area contributed by atoms with E-state index in [1.54, 1.807) is 39.3 Å². The smallest absolute Gasteiger partial charge is 0.242 e. The minimum Gasteiger partial charge on any atom is -0.332 e. The molecule has 0 N–H and O–H groups in total. The molecule has 0 aliphatic heterocycles. The summed E-state index contributed by atoms with van der Waals surface area (Å²) in [6.45, 7) is 7.03. The molecular formula is C24H29FN2O2S. The molecule has 1 aromatic heterocycles.